The lowest BCUT2D eigenvalue weighted by atomic mass is 10.1. The van der Waals surface area contributed by atoms with E-state index >= 15 is 0 Å². The molecule has 1 unspecified atom stereocenters. The van der Waals surface area contributed by atoms with E-state index < -0.39 is 0 Å². The van der Waals surface area contributed by atoms with Crippen molar-refractivity contribution < 1.29 is 5.11 Å². The maximum absolute atomic E-state index is 9.62. The number of hydrogen-bond donors (Lipinski definition) is 2. The smallest absolute Gasteiger partial charge is 0.120 e. The fourth-order valence-corrected chi connectivity index (χ4v) is 1.63. The van der Waals surface area contributed by atoms with Crippen LogP contribution in [0.1, 0.15) is 31.4 Å². The maximum Gasteiger partial charge on any atom is 0.120 e. The Labute approximate surface area is 85.0 Å². The summed E-state index contributed by atoms with van der Waals surface area (Å²) in [6.45, 7) is 3.17. The number of rotatable bonds is 4. The minimum absolute atomic E-state index is 0.247. The van der Waals surface area contributed by atoms with E-state index in [0.717, 1.165) is 18.0 Å². The van der Waals surface area contributed by atoms with Gasteiger partial charge >= 0.3 is 0 Å². The zero-order chi connectivity index (χ0) is 9.97. The van der Waals surface area contributed by atoms with Crippen LogP contribution in [0.15, 0.2) is 24.3 Å². The van der Waals surface area contributed by atoms with Crippen LogP contribution in [0.3, 0.4) is 0 Å². The molecule has 0 heterocycles. The lowest BCUT2D eigenvalue weighted by Gasteiger charge is -2.14. The van der Waals surface area contributed by atoms with Crippen LogP contribution in [0.4, 0.5) is 0 Å². The van der Waals surface area contributed by atoms with E-state index in [2.05, 4.69) is 12.2 Å². The number of nitrogens with one attached hydrogen (secondary N) is 1. The van der Waals surface area contributed by atoms with E-state index in [1.165, 1.54) is 12.8 Å². The number of hydrogen-bond acceptors (Lipinski definition) is 2. The van der Waals surface area contributed by atoms with Crippen LogP contribution >= 0.6 is 0 Å². The minimum Gasteiger partial charge on any atom is -0.508 e. The molecule has 0 amide bonds. The molecule has 1 saturated carbocycles. The van der Waals surface area contributed by atoms with Crippen molar-refractivity contribution in [2.75, 3.05) is 6.54 Å². The number of aromatic hydroxyl groups is 1. The highest BCUT2D eigenvalue weighted by molar-refractivity contribution is 5.34. The van der Waals surface area contributed by atoms with E-state index in [4.69, 9.17) is 0 Å². The summed E-state index contributed by atoms with van der Waals surface area (Å²) < 4.78 is 0. The number of benzene rings is 1. The molecule has 1 fully saturated rings. The Morgan fingerprint density at radius 2 is 2.14 bits per heavy atom. The Balaban J connectivity index is 1.95. The Kier molecular flexibility index (Phi) is 2.73. The monoisotopic (exact) mass is 191 g/mol. The summed E-state index contributed by atoms with van der Waals surface area (Å²) >= 11 is 0. The highest BCUT2D eigenvalue weighted by Crippen LogP contribution is 2.29. The van der Waals surface area contributed by atoms with E-state index in [-0.39, 0.29) is 6.04 Å². The van der Waals surface area contributed by atoms with Gasteiger partial charge in [-0.25, -0.2) is 0 Å². The Morgan fingerprint density at radius 1 is 1.43 bits per heavy atom. The number of para-hydroxylation sites is 1. The molecule has 1 atom stereocenters. The molecule has 2 heteroatoms. The van der Waals surface area contributed by atoms with Crippen LogP contribution < -0.4 is 5.32 Å². The van der Waals surface area contributed by atoms with Crippen LogP contribution in [-0.2, 0) is 0 Å². The van der Waals surface area contributed by atoms with Crippen LogP contribution in [0.5, 0.6) is 5.75 Å². The molecule has 1 aliphatic rings. The average molecular weight is 191 g/mol. The third-order valence-electron chi connectivity index (χ3n) is 2.81. The van der Waals surface area contributed by atoms with Crippen LogP contribution in [0.2, 0.25) is 0 Å². The number of phenolic OH excluding ortho intramolecular Hbond substituents is 1. The zero-order valence-electron chi connectivity index (χ0n) is 8.53. The Morgan fingerprint density at radius 3 is 2.79 bits per heavy atom. The standard InChI is InChI=1S/C12H17NO/c1-9(13-8-10-6-7-10)11-4-2-3-5-12(11)14/h2-5,9-10,13-14H,6-8H2,1H3. The van der Waals surface area contributed by atoms with Crippen LogP contribution in [0, 0.1) is 5.92 Å². The van der Waals surface area contributed by atoms with E-state index in [0.29, 0.717) is 5.75 Å². The molecule has 0 saturated heterocycles. The largest absolute Gasteiger partial charge is 0.508 e. The van der Waals surface area contributed by atoms with Gasteiger partial charge in [0.05, 0.1) is 0 Å². The third-order valence-corrected chi connectivity index (χ3v) is 2.81. The normalized spacial score (nSPS) is 18.1. The molecule has 0 radical (unpaired) electrons. The Hall–Kier alpha value is -1.02. The second kappa shape index (κ2) is 4.01. The first kappa shape index (κ1) is 9.53. The molecular formula is C12H17NO. The summed E-state index contributed by atoms with van der Waals surface area (Å²) in [5, 5.41) is 13.1. The fraction of sp³-hybridized carbons (Fsp3) is 0.500. The van der Waals surface area contributed by atoms with Gasteiger partial charge in [0.25, 0.3) is 0 Å². The van der Waals surface area contributed by atoms with Gasteiger partial charge < -0.3 is 10.4 Å². The van der Waals surface area contributed by atoms with Crippen molar-refractivity contribution in [2.24, 2.45) is 5.92 Å². The lowest BCUT2D eigenvalue weighted by Crippen LogP contribution is -2.21. The highest BCUT2D eigenvalue weighted by Gasteiger charge is 2.21. The molecule has 14 heavy (non-hydrogen) atoms. The maximum atomic E-state index is 9.62. The number of phenols is 1. The summed E-state index contributed by atoms with van der Waals surface area (Å²) in [4.78, 5) is 0. The molecule has 2 rings (SSSR count). The highest BCUT2D eigenvalue weighted by atomic mass is 16.3. The second-order valence-corrected chi connectivity index (χ2v) is 4.13. The summed E-state index contributed by atoms with van der Waals surface area (Å²) in [5.41, 5.74) is 0.994. The third kappa shape index (κ3) is 2.26. The molecule has 2 nitrogen and oxygen atoms in total. The predicted octanol–water partition coefficient (Wildman–Crippen LogP) is 2.45. The molecule has 76 valence electrons. The van der Waals surface area contributed by atoms with E-state index in [1.54, 1.807) is 6.07 Å². The van der Waals surface area contributed by atoms with Gasteiger partial charge in [-0.1, -0.05) is 18.2 Å². The van der Waals surface area contributed by atoms with Gasteiger partial charge in [-0.3, -0.25) is 0 Å². The Bertz CT molecular complexity index is 307. The first-order valence-electron chi connectivity index (χ1n) is 5.28. The molecule has 1 aromatic carbocycles. The quantitative estimate of drug-likeness (QED) is 0.766. The van der Waals surface area contributed by atoms with Gasteiger partial charge in [0.1, 0.15) is 5.75 Å². The van der Waals surface area contributed by atoms with Crippen LogP contribution in [-0.4, -0.2) is 11.7 Å². The van der Waals surface area contributed by atoms with Crippen molar-refractivity contribution in [2.45, 2.75) is 25.8 Å². The molecule has 0 spiro atoms. The first-order valence-corrected chi connectivity index (χ1v) is 5.28. The van der Waals surface area contributed by atoms with Crippen molar-refractivity contribution in [1.29, 1.82) is 0 Å². The molecule has 0 bridgehead atoms. The lowest BCUT2D eigenvalue weighted by molar-refractivity contribution is 0.450. The molecular weight excluding hydrogens is 174 g/mol. The van der Waals surface area contributed by atoms with Crippen molar-refractivity contribution in [3.8, 4) is 5.75 Å². The SMILES string of the molecule is CC(NCC1CC1)c1ccccc1O. The van der Waals surface area contributed by atoms with Gasteiger partial charge in [-0.2, -0.15) is 0 Å². The molecule has 0 aliphatic heterocycles. The van der Waals surface area contributed by atoms with Crippen molar-refractivity contribution >= 4 is 0 Å². The summed E-state index contributed by atoms with van der Waals surface area (Å²) in [6, 6.07) is 7.78. The van der Waals surface area contributed by atoms with Gasteiger partial charge in [0.2, 0.25) is 0 Å². The van der Waals surface area contributed by atoms with Gasteiger partial charge in [-0.05, 0) is 38.3 Å². The fourth-order valence-electron chi connectivity index (χ4n) is 1.63. The van der Waals surface area contributed by atoms with Crippen molar-refractivity contribution in [3.63, 3.8) is 0 Å². The topological polar surface area (TPSA) is 32.3 Å². The van der Waals surface area contributed by atoms with Gasteiger partial charge in [0.15, 0.2) is 0 Å². The van der Waals surface area contributed by atoms with E-state index in [9.17, 15) is 5.11 Å². The second-order valence-electron chi connectivity index (χ2n) is 4.13. The summed E-state index contributed by atoms with van der Waals surface area (Å²) in [6.07, 6.45) is 2.72. The van der Waals surface area contributed by atoms with Crippen molar-refractivity contribution in [1.82, 2.24) is 5.32 Å². The van der Waals surface area contributed by atoms with Crippen molar-refractivity contribution in [3.05, 3.63) is 29.8 Å². The minimum atomic E-state index is 0.247. The molecule has 1 aliphatic carbocycles. The molecule has 1 aromatic rings. The van der Waals surface area contributed by atoms with Crippen LogP contribution in [0.25, 0.3) is 0 Å². The predicted molar refractivity (Wildman–Crippen MR) is 57.2 cm³/mol. The first-order chi connectivity index (χ1) is 6.77. The zero-order valence-corrected chi connectivity index (χ0v) is 8.53. The summed E-state index contributed by atoms with van der Waals surface area (Å²) in [7, 11) is 0. The molecule has 0 aromatic heterocycles. The van der Waals surface area contributed by atoms with Gasteiger partial charge in [0, 0.05) is 11.6 Å². The average Bonchev–Trinajstić information content (AvgIpc) is 2.98. The molecule has 2 N–H and O–H groups in total. The van der Waals surface area contributed by atoms with E-state index in [1.807, 2.05) is 18.2 Å². The summed E-state index contributed by atoms with van der Waals surface area (Å²) in [5.74, 6) is 1.27. The van der Waals surface area contributed by atoms with Gasteiger partial charge in [-0.15, -0.1) is 0 Å².